The average Bonchev–Trinajstić information content (AvgIpc) is 2.56. The fourth-order valence-electron chi connectivity index (χ4n) is 3.87. The van der Waals surface area contributed by atoms with Gasteiger partial charge in [0, 0.05) is 49.4 Å². The van der Waals surface area contributed by atoms with Crippen LogP contribution in [0.4, 0.5) is 0 Å². The first-order chi connectivity index (χ1) is 10.8. The number of piperidine rings is 1. The van der Waals surface area contributed by atoms with Gasteiger partial charge < -0.3 is 15.2 Å². The van der Waals surface area contributed by atoms with E-state index in [4.69, 9.17) is 0 Å². The van der Waals surface area contributed by atoms with Gasteiger partial charge in [0.15, 0.2) is 0 Å². The van der Waals surface area contributed by atoms with Gasteiger partial charge in [0.05, 0.1) is 0 Å². The lowest BCUT2D eigenvalue weighted by Gasteiger charge is -2.47. The number of halogens is 1. The maximum Gasteiger partial charge on any atom is 0.250 e. The van der Waals surface area contributed by atoms with E-state index in [0.29, 0.717) is 5.92 Å². The van der Waals surface area contributed by atoms with Gasteiger partial charge in [-0.05, 0) is 18.1 Å². The molecule has 2 bridgehead atoms. The molecule has 1 aromatic heterocycles. The Balaban J connectivity index is 0.00000156. The van der Waals surface area contributed by atoms with Crippen molar-refractivity contribution in [2.45, 2.75) is 31.0 Å². The van der Waals surface area contributed by atoms with Gasteiger partial charge in [0.25, 0.3) is 5.56 Å². The Hall–Kier alpha value is -1.62. The van der Waals surface area contributed by atoms with Crippen molar-refractivity contribution < 1.29 is 0 Å². The van der Waals surface area contributed by atoms with Crippen LogP contribution in [0.15, 0.2) is 53.3 Å². The van der Waals surface area contributed by atoms with Gasteiger partial charge in [0.1, 0.15) is 0 Å². The molecule has 0 radical (unpaired) electrons. The minimum atomic E-state index is -0.0308. The highest BCUT2D eigenvalue weighted by atomic mass is 35.5. The molecule has 1 saturated heterocycles. The van der Waals surface area contributed by atoms with Crippen LogP contribution in [0.3, 0.4) is 0 Å². The van der Waals surface area contributed by atoms with Crippen LogP contribution in [-0.4, -0.2) is 23.2 Å². The van der Waals surface area contributed by atoms with Crippen LogP contribution in [-0.2, 0) is 13.1 Å². The number of hydrogen-bond acceptors (Lipinski definition) is 3. The first kappa shape index (κ1) is 16.2. The topological polar surface area (TPSA) is 46.1 Å². The maximum absolute atomic E-state index is 12.2. The molecule has 2 aromatic rings. The van der Waals surface area contributed by atoms with E-state index in [-0.39, 0.29) is 23.5 Å². The van der Waals surface area contributed by atoms with Crippen LogP contribution in [0.1, 0.15) is 23.6 Å². The second kappa shape index (κ2) is 6.48. The first-order valence-electron chi connectivity index (χ1n) is 7.95. The van der Waals surface area contributed by atoms with Crippen molar-refractivity contribution in [3.05, 3.63) is 70.1 Å². The second-order valence-corrected chi connectivity index (χ2v) is 6.53. The standard InChI is InChI=1S/C18H21N3O.ClH/c22-17-8-4-7-16-15-9-18(12-19-11-15,13-21(16)17)20-10-14-5-2-1-3-6-14;/h1-8,15,19-20H,9-13H2;1H/t15-,18-;/m1./s1. The number of nitrogens with one attached hydrogen (secondary N) is 2. The molecule has 2 atom stereocenters. The van der Waals surface area contributed by atoms with Gasteiger partial charge >= 0.3 is 0 Å². The lowest BCUT2D eigenvalue weighted by Crippen LogP contribution is -2.63. The SMILES string of the molecule is Cl.O=c1cccc2n1C[C@]1(NCc3ccccc3)CNC[C@H]2C1. The summed E-state index contributed by atoms with van der Waals surface area (Å²) >= 11 is 0. The number of aromatic nitrogens is 1. The van der Waals surface area contributed by atoms with Gasteiger partial charge in [-0.3, -0.25) is 4.79 Å². The number of benzene rings is 1. The smallest absolute Gasteiger partial charge is 0.250 e. The summed E-state index contributed by atoms with van der Waals surface area (Å²) in [6.07, 6.45) is 1.09. The molecule has 2 aliphatic heterocycles. The van der Waals surface area contributed by atoms with Gasteiger partial charge in [-0.15, -0.1) is 12.4 Å². The Kier molecular flexibility index (Phi) is 4.57. The molecule has 122 valence electrons. The molecular weight excluding hydrogens is 310 g/mol. The highest BCUT2D eigenvalue weighted by Gasteiger charge is 2.41. The van der Waals surface area contributed by atoms with E-state index in [1.807, 2.05) is 16.7 Å². The van der Waals surface area contributed by atoms with E-state index in [1.54, 1.807) is 6.07 Å². The Morgan fingerprint density at radius 3 is 2.83 bits per heavy atom. The Labute approximate surface area is 142 Å². The summed E-state index contributed by atoms with van der Waals surface area (Å²) in [6.45, 7) is 3.46. The van der Waals surface area contributed by atoms with Crippen LogP contribution < -0.4 is 16.2 Å². The molecule has 0 spiro atoms. The molecule has 4 nitrogen and oxygen atoms in total. The van der Waals surface area contributed by atoms with Crippen LogP contribution in [0.25, 0.3) is 0 Å². The van der Waals surface area contributed by atoms with E-state index in [0.717, 1.165) is 32.6 Å². The third-order valence-electron chi connectivity index (χ3n) is 4.96. The minimum absolute atomic E-state index is 0. The molecule has 1 aromatic carbocycles. The Morgan fingerprint density at radius 1 is 1.17 bits per heavy atom. The van der Waals surface area contributed by atoms with Gasteiger partial charge in [-0.2, -0.15) is 0 Å². The zero-order chi connectivity index (χ0) is 15.0. The van der Waals surface area contributed by atoms with Gasteiger partial charge in [0.2, 0.25) is 0 Å². The molecule has 0 aliphatic carbocycles. The number of rotatable bonds is 3. The van der Waals surface area contributed by atoms with Crippen molar-refractivity contribution in [1.82, 2.24) is 15.2 Å². The summed E-state index contributed by atoms with van der Waals surface area (Å²) in [6, 6.07) is 16.1. The molecule has 0 unspecified atom stereocenters. The fraction of sp³-hybridized carbons (Fsp3) is 0.389. The zero-order valence-electron chi connectivity index (χ0n) is 13.0. The molecular formula is C18H22ClN3O. The van der Waals surface area contributed by atoms with Crippen molar-refractivity contribution in [3.63, 3.8) is 0 Å². The number of hydrogen-bond donors (Lipinski definition) is 2. The summed E-state index contributed by atoms with van der Waals surface area (Å²) in [5, 5.41) is 7.27. The molecule has 3 heterocycles. The molecule has 23 heavy (non-hydrogen) atoms. The Morgan fingerprint density at radius 2 is 2.00 bits per heavy atom. The molecule has 2 N–H and O–H groups in total. The number of pyridine rings is 1. The summed E-state index contributed by atoms with van der Waals surface area (Å²) in [5.41, 5.74) is 2.55. The highest BCUT2D eigenvalue weighted by Crippen LogP contribution is 2.34. The molecule has 0 saturated carbocycles. The quantitative estimate of drug-likeness (QED) is 0.903. The van der Waals surface area contributed by atoms with Crippen LogP contribution in [0.5, 0.6) is 0 Å². The monoisotopic (exact) mass is 331 g/mol. The van der Waals surface area contributed by atoms with E-state index in [1.165, 1.54) is 11.3 Å². The van der Waals surface area contributed by atoms with Crippen molar-refractivity contribution in [2.75, 3.05) is 13.1 Å². The fourth-order valence-corrected chi connectivity index (χ4v) is 3.87. The number of fused-ring (bicyclic) bond motifs is 4. The normalized spacial score (nSPS) is 25.3. The summed E-state index contributed by atoms with van der Waals surface area (Å²) in [7, 11) is 0. The molecule has 2 aliphatic rings. The summed E-state index contributed by atoms with van der Waals surface area (Å²) in [5.74, 6) is 0.416. The van der Waals surface area contributed by atoms with E-state index in [2.05, 4.69) is 41.0 Å². The average molecular weight is 332 g/mol. The van der Waals surface area contributed by atoms with E-state index < -0.39 is 0 Å². The third-order valence-corrected chi connectivity index (χ3v) is 4.96. The van der Waals surface area contributed by atoms with Crippen LogP contribution in [0, 0.1) is 0 Å². The molecule has 1 fully saturated rings. The third kappa shape index (κ3) is 3.07. The Bertz CT molecular complexity index is 731. The van der Waals surface area contributed by atoms with Crippen LogP contribution >= 0.6 is 12.4 Å². The maximum atomic E-state index is 12.2. The molecule has 5 heteroatoms. The van der Waals surface area contributed by atoms with E-state index >= 15 is 0 Å². The van der Waals surface area contributed by atoms with Crippen molar-refractivity contribution in [1.29, 1.82) is 0 Å². The largest absolute Gasteiger partial charge is 0.314 e. The van der Waals surface area contributed by atoms with Crippen molar-refractivity contribution >= 4 is 12.4 Å². The van der Waals surface area contributed by atoms with Crippen molar-refractivity contribution in [3.8, 4) is 0 Å². The predicted molar refractivity (Wildman–Crippen MR) is 94.2 cm³/mol. The minimum Gasteiger partial charge on any atom is -0.314 e. The van der Waals surface area contributed by atoms with Crippen LogP contribution in [0.2, 0.25) is 0 Å². The summed E-state index contributed by atoms with van der Waals surface area (Å²) < 4.78 is 1.97. The van der Waals surface area contributed by atoms with Gasteiger partial charge in [-0.1, -0.05) is 36.4 Å². The second-order valence-electron chi connectivity index (χ2n) is 6.53. The number of nitrogens with zero attached hydrogens (tertiary/aromatic N) is 1. The zero-order valence-corrected chi connectivity index (χ0v) is 13.8. The lowest BCUT2D eigenvalue weighted by atomic mass is 9.78. The molecule has 4 rings (SSSR count). The van der Waals surface area contributed by atoms with Gasteiger partial charge in [-0.25, -0.2) is 0 Å². The van der Waals surface area contributed by atoms with Crippen molar-refractivity contribution in [2.24, 2.45) is 0 Å². The highest BCUT2D eigenvalue weighted by molar-refractivity contribution is 5.85. The first-order valence-corrected chi connectivity index (χ1v) is 7.95. The van der Waals surface area contributed by atoms with E-state index in [9.17, 15) is 4.79 Å². The molecule has 0 amide bonds. The lowest BCUT2D eigenvalue weighted by molar-refractivity contribution is 0.164. The predicted octanol–water partition coefficient (Wildman–Crippen LogP) is 1.89. The summed E-state index contributed by atoms with van der Waals surface area (Å²) in [4.78, 5) is 12.2.